The number of aliphatic hydroxyl groups is 1. The average Bonchev–Trinajstić information content (AvgIpc) is 2.52. The van der Waals surface area contributed by atoms with Gasteiger partial charge in [0.1, 0.15) is 6.29 Å². The Hall–Kier alpha value is -0.410. The van der Waals surface area contributed by atoms with E-state index in [1.54, 1.807) is 0 Å². The van der Waals surface area contributed by atoms with Crippen molar-refractivity contribution in [3.05, 3.63) is 0 Å². The fourth-order valence-corrected chi connectivity index (χ4v) is 1.69. The highest BCUT2D eigenvalue weighted by atomic mass is 16.3. The highest BCUT2D eigenvalue weighted by Gasteiger charge is 2.20. The van der Waals surface area contributed by atoms with Crippen molar-refractivity contribution in [1.82, 2.24) is 4.90 Å². The lowest BCUT2D eigenvalue weighted by molar-refractivity contribution is -0.110. The molecule has 3 heteroatoms. The van der Waals surface area contributed by atoms with Crippen LogP contribution >= 0.6 is 0 Å². The first-order valence-corrected chi connectivity index (χ1v) is 4.17. The predicted molar refractivity (Wildman–Crippen MR) is 42.1 cm³/mol. The molecule has 0 atom stereocenters. The molecule has 0 aromatic heterocycles. The van der Waals surface area contributed by atoms with E-state index in [4.69, 9.17) is 5.11 Å². The molecule has 0 radical (unpaired) electrons. The van der Waals surface area contributed by atoms with Crippen LogP contribution in [0.2, 0.25) is 0 Å². The molecular weight excluding hydrogens is 142 g/mol. The quantitative estimate of drug-likeness (QED) is 0.474. The highest BCUT2D eigenvalue weighted by molar-refractivity contribution is 5.52. The van der Waals surface area contributed by atoms with Crippen molar-refractivity contribution in [2.45, 2.75) is 31.7 Å². The predicted octanol–water partition coefficient (Wildman–Crippen LogP) is 0.380. The number of hydrogen-bond acceptors (Lipinski definition) is 3. The zero-order valence-corrected chi connectivity index (χ0v) is 6.70. The van der Waals surface area contributed by atoms with E-state index in [9.17, 15) is 4.79 Å². The summed E-state index contributed by atoms with van der Waals surface area (Å²) >= 11 is 0. The standard InChI is InChI=1S/C8H15NO2/c10-6-5-9(7-11)8-3-1-2-4-8/h6,8,11H,1-5,7H2. The molecule has 1 rings (SSSR count). The van der Waals surface area contributed by atoms with Gasteiger partial charge in [0.15, 0.2) is 0 Å². The number of carbonyl (C=O) groups excluding carboxylic acids is 1. The summed E-state index contributed by atoms with van der Waals surface area (Å²) in [6, 6.07) is 0.449. The number of aldehydes is 1. The maximum Gasteiger partial charge on any atom is 0.134 e. The van der Waals surface area contributed by atoms with Gasteiger partial charge < -0.3 is 9.90 Å². The second-order valence-corrected chi connectivity index (χ2v) is 3.02. The van der Waals surface area contributed by atoms with Crippen LogP contribution in [0.15, 0.2) is 0 Å². The van der Waals surface area contributed by atoms with Gasteiger partial charge in [-0.3, -0.25) is 4.90 Å². The largest absolute Gasteiger partial charge is 0.381 e. The Morgan fingerprint density at radius 3 is 2.55 bits per heavy atom. The summed E-state index contributed by atoms with van der Waals surface area (Å²) in [5.74, 6) is 0. The molecule has 1 aliphatic rings. The van der Waals surface area contributed by atoms with Gasteiger partial charge in [-0.25, -0.2) is 0 Å². The normalized spacial score (nSPS) is 19.5. The van der Waals surface area contributed by atoms with E-state index in [1.165, 1.54) is 12.8 Å². The third-order valence-electron chi connectivity index (χ3n) is 2.33. The molecule has 64 valence electrons. The first-order chi connectivity index (χ1) is 5.38. The van der Waals surface area contributed by atoms with Gasteiger partial charge in [-0.2, -0.15) is 0 Å². The monoisotopic (exact) mass is 157 g/mol. The smallest absolute Gasteiger partial charge is 0.134 e. The third-order valence-corrected chi connectivity index (χ3v) is 2.33. The van der Waals surface area contributed by atoms with Gasteiger partial charge in [-0.05, 0) is 12.8 Å². The van der Waals surface area contributed by atoms with Crippen molar-refractivity contribution in [3.8, 4) is 0 Å². The molecule has 0 aromatic rings. The van der Waals surface area contributed by atoms with Crippen LogP contribution in [0.25, 0.3) is 0 Å². The highest BCUT2D eigenvalue weighted by Crippen LogP contribution is 2.22. The second-order valence-electron chi connectivity index (χ2n) is 3.02. The SMILES string of the molecule is O=CCN(CO)C1CCCC1. The number of aliphatic hydroxyl groups excluding tert-OH is 1. The summed E-state index contributed by atoms with van der Waals surface area (Å²) in [5, 5.41) is 8.88. The van der Waals surface area contributed by atoms with Crippen molar-refractivity contribution < 1.29 is 9.90 Å². The van der Waals surface area contributed by atoms with Crippen LogP contribution in [0, 0.1) is 0 Å². The van der Waals surface area contributed by atoms with E-state index in [0.717, 1.165) is 19.1 Å². The Morgan fingerprint density at radius 1 is 1.45 bits per heavy atom. The van der Waals surface area contributed by atoms with Gasteiger partial charge in [0.25, 0.3) is 0 Å². The number of hydrogen-bond donors (Lipinski definition) is 1. The fourth-order valence-electron chi connectivity index (χ4n) is 1.69. The van der Waals surface area contributed by atoms with Crippen LogP contribution < -0.4 is 0 Å². The van der Waals surface area contributed by atoms with Crippen LogP contribution in [-0.4, -0.2) is 35.6 Å². The molecule has 0 spiro atoms. The second kappa shape index (κ2) is 4.46. The minimum Gasteiger partial charge on any atom is -0.381 e. The van der Waals surface area contributed by atoms with E-state index in [2.05, 4.69) is 0 Å². The van der Waals surface area contributed by atoms with Crippen molar-refractivity contribution >= 4 is 6.29 Å². The lowest BCUT2D eigenvalue weighted by atomic mass is 10.2. The third kappa shape index (κ3) is 2.27. The topological polar surface area (TPSA) is 40.5 Å². The number of rotatable bonds is 4. The van der Waals surface area contributed by atoms with Crippen LogP contribution in [0.4, 0.5) is 0 Å². The molecule has 3 nitrogen and oxygen atoms in total. The molecule has 0 aromatic carbocycles. The molecule has 0 unspecified atom stereocenters. The first-order valence-electron chi connectivity index (χ1n) is 4.17. The zero-order chi connectivity index (χ0) is 8.10. The van der Waals surface area contributed by atoms with Crippen LogP contribution in [0.5, 0.6) is 0 Å². The van der Waals surface area contributed by atoms with E-state index in [1.807, 2.05) is 4.90 Å². The lowest BCUT2D eigenvalue weighted by Crippen LogP contribution is -2.35. The van der Waals surface area contributed by atoms with Gasteiger partial charge in [-0.1, -0.05) is 12.8 Å². The maximum atomic E-state index is 10.2. The van der Waals surface area contributed by atoms with E-state index in [0.29, 0.717) is 12.6 Å². The van der Waals surface area contributed by atoms with Gasteiger partial charge in [0.2, 0.25) is 0 Å². The van der Waals surface area contributed by atoms with Gasteiger partial charge in [-0.15, -0.1) is 0 Å². The molecular formula is C8H15NO2. The number of nitrogens with zero attached hydrogens (tertiary/aromatic N) is 1. The maximum absolute atomic E-state index is 10.2. The summed E-state index contributed by atoms with van der Waals surface area (Å²) in [6.45, 7) is 0.393. The summed E-state index contributed by atoms with van der Waals surface area (Å²) < 4.78 is 0. The summed E-state index contributed by atoms with van der Waals surface area (Å²) in [6.07, 6.45) is 5.59. The van der Waals surface area contributed by atoms with E-state index in [-0.39, 0.29) is 6.73 Å². The lowest BCUT2D eigenvalue weighted by Gasteiger charge is -2.23. The average molecular weight is 157 g/mol. The molecule has 1 aliphatic carbocycles. The van der Waals surface area contributed by atoms with E-state index < -0.39 is 0 Å². The van der Waals surface area contributed by atoms with Crippen LogP contribution in [-0.2, 0) is 4.79 Å². The first kappa shape index (κ1) is 8.68. The molecule has 1 saturated carbocycles. The Bertz CT molecular complexity index is 121. The van der Waals surface area contributed by atoms with Crippen molar-refractivity contribution in [2.24, 2.45) is 0 Å². The van der Waals surface area contributed by atoms with Crippen molar-refractivity contribution in [3.63, 3.8) is 0 Å². The van der Waals surface area contributed by atoms with Crippen LogP contribution in [0.1, 0.15) is 25.7 Å². The Morgan fingerprint density at radius 2 is 2.09 bits per heavy atom. The Balaban J connectivity index is 2.33. The van der Waals surface area contributed by atoms with Gasteiger partial charge in [0, 0.05) is 6.04 Å². The molecule has 0 heterocycles. The molecule has 1 fully saturated rings. The van der Waals surface area contributed by atoms with E-state index >= 15 is 0 Å². The minimum absolute atomic E-state index is 0.0173. The van der Waals surface area contributed by atoms with Crippen LogP contribution in [0.3, 0.4) is 0 Å². The Labute approximate surface area is 67.0 Å². The van der Waals surface area contributed by atoms with Gasteiger partial charge in [0.05, 0.1) is 13.3 Å². The minimum atomic E-state index is 0.0173. The summed E-state index contributed by atoms with van der Waals surface area (Å²) in [4.78, 5) is 12.0. The summed E-state index contributed by atoms with van der Waals surface area (Å²) in [7, 11) is 0. The molecule has 0 bridgehead atoms. The van der Waals surface area contributed by atoms with Crippen molar-refractivity contribution in [1.29, 1.82) is 0 Å². The van der Waals surface area contributed by atoms with Crippen molar-refractivity contribution in [2.75, 3.05) is 13.3 Å². The molecule has 11 heavy (non-hydrogen) atoms. The fraction of sp³-hybridized carbons (Fsp3) is 0.875. The Kier molecular flexibility index (Phi) is 3.52. The summed E-state index contributed by atoms with van der Waals surface area (Å²) in [5.41, 5.74) is 0. The molecule has 0 amide bonds. The molecule has 0 saturated heterocycles. The molecule has 1 N–H and O–H groups in total. The van der Waals surface area contributed by atoms with Gasteiger partial charge >= 0.3 is 0 Å². The number of carbonyl (C=O) groups is 1. The zero-order valence-electron chi connectivity index (χ0n) is 6.70. The molecule has 0 aliphatic heterocycles.